The smallest absolute Gasteiger partial charge is 0.293 e. The highest BCUT2D eigenvalue weighted by Gasteiger charge is 2.31. The predicted octanol–water partition coefficient (Wildman–Crippen LogP) is 5.57. The van der Waals surface area contributed by atoms with Crippen LogP contribution in [0, 0.1) is 0 Å². The van der Waals surface area contributed by atoms with Crippen LogP contribution in [0.25, 0.3) is 11.1 Å². The van der Waals surface area contributed by atoms with E-state index in [4.69, 9.17) is 4.74 Å². The second kappa shape index (κ2) is 6.01. The van der Waals surface area contributed by atoms with Crippen molar-refractivity contribution in [3.05, 3.63) is 58.7 Å². The highest BCUT2D eigenvalue weighted by Crippen LogP contribution is 2.47. The van der Waals surface area contributed by atoms with Crippen molar-refractivity contribution in [2.75, 3.05) is 6.61 Å². The van der Waals surface area contributed by atoms with Gasteiger partial charge in [-0.3, -0.25) is 4.79 Å². The highest BCUT2D eigenvalue weighted by atomic mass is 16.5. The SMILES string of the molecule is CC(C)(C)c1ccc2c(c1)C(COC=O)c1cc(C(C)(C)C)ccc1-2. The minimum absolute atomic E-state index is 0.0937. The van der Waals surface area contributed by atoms with E-state index in [0.717, 1.165) is 0 Å². The first-order valence-corrected chi connectivity index (χ1v) is 8.97. The summed E-state index contributed by atoms with van der Waals surface area (Å²) in [6.07, 6.45) is 0. The summed E-state index contributed by atoms with van der Waals surface area (Å²) >= 11 is 0. The number of carbonyl (C=O) groups is 1. The van der Waals surface area contributed by atoms with Gasteiger partial charge in [-0.15, -0.1) is 0 Å². The van der Waals surface area contributed by atoms with Gasteiger partial charge in [0.05, 0.1) is 0 Å². The zero-order chi connectivity index (χ0) is 18.4. The molecule has 0 radical (unpaired) electrons. The first-order valence-electron chi connectivity index (χ1n) is 8.97. The highest BCUT2D eigenvalue weighted by molar-refractivity contribution is 5.80. The topological polar surface area (TPSA) is 26.3 Å². The summed E-state index contributed by atoms with van der Waals surface area (Å²) in [5, 5.41) is 0. The number of rotatable bonds is 3. The molecule has 0 spiro atoms. The molecule has 1 aliphatic rings. The molecule has 0 amide bonds. The predicted molar refractivity (Wildman–Crippen MR) is 103 cm³/mol. The van der Waals surface area contributed by atoms with Crippen molar-refractivity contribution in [2.24, 2.45) is 0 Å². The molecule has 2 aromatic rings. The summed E-state index contributed by atoms with van der Waals surface area (Å²) < 4.78 is 5.20. The lowest BCUT2D eigenvalue weighted by molar-refractivity contribution is -0.128. The van der Waals surface area contributed by atoms with Crippen molar-refractivity contribution in [2.45, 2.75) is 58.3 Å². The largest absolute Gasteiger partial charge is 0.467 e. The molecule has 0 N–H and O–H groups in total. The molecule has 0 aliphatic heterocycles. The average molecular weight is 336 g/mol. The summed E-state index contributed by atoms with van der Waals surface area (Å²) in [6.45, 7) is 14.3. The summed E-state index contributed by atoms with van der Waals surface area (Å²) in [6, 6.07) is 13.5. The fraction of sp³-hybridized carbons (Fsp3) is 0.435. The maximum absolute atomic E-state index is 10.8. The fourth-order valence-corrected chi connectivity index (χ4v) is 3.61. The molecule has 0 bridgehead atoms. The lowest BCUT2D eigenvalue weighted by Gasteiger charge is -2.22. The minimum atomic E-state index is 0.0937. The third-order valence-electron chi connectivity index (χ3n) is 5.21. The van der Waals surface area contributed by atoms with Crippen LogP contribution >= 0.6 is 0 Å². The third kappa shape index (κ3) is 3.22. The molecular weight excluding hydrogens is 308 g/mol. The van der Waals surface area contributed by atoms with Crippen molar-refractivity contribution in [3.63, 3.8) is 0 Å². The van der Waals surface area contributed by atoms with Gasteiger partial charge in [-0.1, -0.05) is 77.9 Å². The van der Waals surface area contributed by atoms with E-state index in [1.807, 2.05) is 0 Å². The first kappa shape index (κ1) is 17.7. The maximum Gasteiger partial charge on any atom is 0.293 e. The Morgan fingerprint density at radius 2 is 1.28 bits per heavy atom. The van der Waals surface area contributed by atoms with E-state index in [2.05, 4.69) is 77.9 Å². The van der Waals surface area contributed by atoms with E-state index in [9.17, 15) is 4.79 Å². The molecule has 1 aliphatic carbocycles. The van der Waals surface area contributed by atoms with Crippen molar-refractivity contribution in [1.82, 2.24) is 0 Å². The summed E-state index contributed by atoms with van der Waals surface area (Å²) in [4.78, 5) is 10.8. The van der Waals surface area contributed by atoms with Crippen molar-refractivity contribution in [1.29, 1.82) is 0 Å². The second-order valence-electron chi connectivity index (χ2n) is 9.09. The van der Waals surface area contributed by atoms with Crippen LogP contribution in [-0.2, 0) is 20.4 Å². The first-order chi connectivity index (χ1) is 11.6. The summed E-state index contributed by atoms with van der Waals surface area (Å²) in [5.41, 5.74) is 7.89. The Labute approximate surface area is 151 Å². The Balaban J connectivity index is 2.16. The van der Waals surface area contributed by atoms with Gasteiger partial charge in [0.15, 0.2) is 0 Å². The molecule has 0 aromatic heterocycles. The van der Waals surface area contributed by atoms with Gasteiger partial charge in [-0.25, -0.2) is 0 Å². The Morgan fingerprint density at radius 3 is 1.64 bits per heavy atom. The van der Waals surface area contributed by atoms with Crippen LogP contribution < -0.4 is 0 Å². The Morgan fingerprint density at radius 1 is 0.840 bits per heavy atom. The second-order valence-corrected chi connectivity index (χ2v) is 9.09. The van der Waals surface area contributed by atoms with Crippen LogP contribution in [0.15, 0.2) is 36.4 Å². The van der Waals surface area contributed by atoms with Crippen LogP contribution in [0.4, 0.5) is 0 Å². The Bertz CT molecular complexity index is 740. The van der Waals surface area contributed by atoms with Crippen molar-refractivity contribution >= 4 is 6.47 Å². The summed E-state index contributed by atoms with van der Waals surface area (Å²) in [7, 11) is 0. The molecule has 0 atom stereocenters. The number of carbonyl (C=O) groups excluding carboxylic acids is 1. The number of fused-ring (bicyclic) bond motifs is 3. The lowest BCUT2D eigenvalue weighted by atomic mass is 9.83. The van der Waals surface area contributed by atoms with Gasteiger partial charge < -0.3 is 4.74 Å². The molecule has 2 nitrogen and oxygen atoms in total. The number of hydrogen-bond donors (Lipinski definition) is 0. The van der Waals surface area contributed by atoms with Gasteiger partial charge in [0.1, 0.15) is 6.61 Å². The van der Waals surface area contributed by atoms with E-state index < -0.39 is 0 Å². The van der Waals surface area contributed by atoms with Gasteiger partial charge >= 0.3 is 0 Å². The van der Waals surface area contributed by atoms with Crippen molar-refractivity contribution < 1.29 is 9.53 Å². The molecule has 0 fully saturated rings. The Hall–Kier alpha value is -2.09. The molecule has 0 saturated carbocycles. The van der Waals surface area contributed by atoms with Crippen LogP contribution in [0.5, 0.6) is 0 Å². The zero-order valence-electron chi connectivity index (χ0n) is 16.1. The number of ether oxygens (including phenoxy) is 1. The normalized spacial score (nSPS) is 14.2. The van der Waals surface area contributed by atoms with Gasteiger partial charge in [0.25, 0.3) is 6.47 Å². The lowest BCUT2D eigenvalue weighted by Crippen LogP contribution is -2.14. The molecule has 0 unspecified atom stereocenters. The molecule has 25 heavy (non-hydrogen) atoms. The van der Waals surface area contributed by atoms with Crippen LogP contribution in [0.1, 0.15) is 69.7 Å². The van der Waals surface area contributed by atoms with Gasteiger partial charge in [0.2, 0.25) is 0 Å². The van der Waals surface area contributed by atoms with E-state index in [-0.39, 0.29) is 16.7 Å². The molecule has 0 saturated heterocycles. The molecule has 3 rings (SSSR count). The van der Waals surface area contributed by atoms with E-state index in [1.165, 1.54) is 33.4 Å². The molecule has 2 heteroatoms. The van der Waals surface area contributed by atoms with E-state index in [0.29, 0.717) is 13.1 Å². The number of benzene rings is 2. The minimum Gasteiger partial charge on any atom is -0.467 e. The summed E-state index contributed by atoms with van der Waals surface area (Å²) in [5.74, 6) is 0.111. The molecular formula is C23H28O2. The quantitative estimate of drug-likeness (QED) is 0.685. The van der Waals surface area contributed by atoms with Crippen molar-refractivity contribution in [3.8, 4) is 11.1 Å². The third-order valence-corrected chi connectivity index (χ3v) is 5.21. The Kier molecular flexibility index (Phi) is 4.26. The maximum atomic E-state index is 10.8. The average Bonchev–Trinajstić information content (AvgIpc) is 2.83. The molecule has 132 valence electrons. The monoisotopic (exact) mass is 336 g/mol. The van der Waals surface area contributed by atoms with E-state index in [1.54, 1.807) is 0 Å². The van der Waals surface area contributed by atoms with Gasteiger partial charge in [-0.05, 0) is 44.2 Å². The molecule has 2 aromatic carbocycles. The van der Waals surface area contributed by atoms with Crippen LogP contribution in [-0.4, -0.2) is 13.1 Å². The van der Waals surface area contributed by atoms with Gasteiger partial charge in [0, 0.05) is 5.92 Å². The van der Waals surface area contributed by atoms with Gasteiger partial charge in [-0.2, -0.15) is 0 Å². The zero-order valence-corrected chi connectivity index (χ0v) is 16.1. The standard InChI is InChI=1S/C23H28O2/c1-22(2,3)15-7-9-17-18-10-8-16(23(4,5)6)12-20(18)21(13-25-14-24)19(17)11-15/h7-12,14,21H,13H2,1-6H3. The van der Waals surface area contributed by atoms with E-state index >= 15 is 0 Å². The molecule has 0 heterocycles. The fourth-order valence-electron chi connectivity index (χ4n) is 3.61. The number of hydrogen-bond acceptors (Lipinski definition) is 2. The van der Waals surface area contributed by atoms with Crippen LogP contribution in [0.2, 0.25) is 0 Å². The van der Waals surface area contributed by atoms with Crippen LogP contribution in [0.3, 0.4) is 0 Å².